The van der Waals surface area contributed by atoms with Crippen LogP contribution in [0, 0.1) is 13.8 Å². The Hall–Kier alpha value is -3.09. The van der Waals surface area contributed by atoms with Gasteiger partial charge in [0.15, 0.2) is 17.6 Å². The highest BCUT2D eigenvalue weighted by Crippen LogP contribution is 2.30. The van der Waals surface area contributed by atoms with Gasteiger partial charge >= 0.3 is 5.97 Å². The van der Waals surface area contributed by atoms with Crippen molar-refractivity contribution in [2.45, 2.75) is 33.8 Å². The van der Waals surface area contributed by atoms with Crippen molar-refractivity contribution in [1.29, 1.82) is 0 Å². The molecule has 0 saturated heterocycles. The number of carbonyl (C=O) groups is 3. The summed E-state index contributed by atoms with van der Waals surface area (Å²) in [6.07, 6.45) is -0.131. The minimum absolute atomic E-state index is 0.294. The standard InChI is InChI=1S/C20H23NO6/c1-6-26-16-9-14(10-22)7-8-15(16)27-13(4)19(23)18-11(2)17(12(3)21-18)20(24)25-5/h7-10,13,21H,6H2,1-5H3/t13-/m0/s1. The molecule has 0 amide bonds. The smallest absolute Gasteiger partial charge is 0.339 e. The van der Waals surface area contributed by atoms with Crippen molar-refractivity contribution in [2.75, 3.05) is 13.7 Å². The first-order chi connectivity index (χ1) is 12.8. The molecule has 7 heteroatoms. The topological polar surface area (TPSA) is 94.7 Å². The Labute approximate surface area is 157 Å². The van der Waals surface area contributed by atoms with E-state index in [9.17, 15) is 14.4 Å². The highest BCUT2D eigenvalue weighted by atomic mass is 16.5. The van der Waals surface area contributed by atoms with Gasteiger partial charge in [-0.15, -0.1) is 0 Å². The van der Waals surface area contributed by atoms with Crippen molar-refractivity contribution in [1.82, 2.24) is 4.98 Å². The zero-order chi connectivity index (χ0) is 20.1. The molecule has 1 aromatic heterocycles. The lowest BCUT2D eigenvalue weighted by Gasteiger charge is -2.17. The number of rotatable bonds is 8. The monoisotopic (exact) mass is 373 g/mol. The molecule has 1 N–H and O–H groups in total. The summed E-state index contributed by atoms with van der Waals surface area (Å²) in [6, 6.07) is 4.73. The van der Waals surface area contributed by atoms with Crippen LogP contribution in [0.3, 0.4) is 0 Å². The number of ketones is 1. The van der Waals surface area contributed by atoms with Crippen LogP contribution in [-0.4, -0.2) is 42.8 Å². The Bertz CT molecular complexity index is 868. The second-order valence-corrected chi connectivity index (χ2v) is 6.00. The maximum Gasteiger partial charge on any atom is 0.339 e. The fourth-order valence-electron chi connectivity index (χ4n) is 2.82. The number of nitrogens with one attached hydrogen (secondary N) is 1. The molecule has 1 aromatic carbocycles. The number of methoxy groups -OCH3 is 1. The third kappa shape index (κ3) is 4.19. The van der Waals surface area contributed by atoms with Crippen LogP contribution in [0.5, 0.6) is 11.5 Å². The molecular weight excluding hydrogens is 350 g/mol. The number of esters is 1. The summed E-state index contributed by atoms with van der Waals surface area (Å²) in [4.78, 5) is 38.6. The lowest BCUT2D eigenvalue weighted by molar-refractivity contribution is 0.0599. The maximum absolute atomic E-state index is 12.8. The molecule has 0 aliphatic carbocycles. The van der Waals surface area contributed by atoms with E-state index < -0.39 is 12.1 Å². The summed E-state index contributed by atoms with van der Waals surface area (Å²) >= 11 is 0. The summed E-state index contributed by atoms with van der Waals surface area (Å²) in [7, 11) is 1.29. The van der Waals surface area contributed by atoms with Crippen LogP contribution in [0.1, 0.15) is 56.3 Å². The van der Waals surface area contributed by atoms with Crippen LogP contribution in [-0.2, 0) is 4.74 Å². The van der Waals surface area contributed by atoms with Gasteiger partial charge in [-0.05, 0) is 51.5 Å². The molecule has 144 valence electrons. The number of carbonyl (C=O) groups excluding carboxylic acids is 3. The molecule has 2 aromatic rings. The number of H-pyrrole nitrogens is 1. The molecule has 2 rings (SSSR count). The number of benzene rings is 1. The fraction of sp³-hybridized carbons (Fsp3) is 0.350. The van der Waals surface area contributed by atoms with E-state index in [2.05, 4.69) is 4.98 Å². The van der Waals surface area contributed by atoms with Crippen LogP contribution in [0.2, 0.25) is 0 Å². The van der Waals surface area contributed by atoms with Gasteiger partial charge in [0.1, 0.15) is 6.29 Å². The summed E-state index contributed by atoms with van der Waals surface area (Å²) in [5, 5.41) is 0. The second kappa shape index (κ2) is 8.53. The van der Waals surface area contributed by atoms with E-state index >= 15 is 0 Å². The molecule has 0 fully saturated rings. The van der Waals surface area contributed by atoms with Gasteiger partial charge in [0.25, 0.3) is 0 Å². The predicted octanol–water partition coefficient (Wildman–Crippen LogP) is 3.28. The zero-order valence-electron chi connectivity index (χ0n) is 16.0. The number of aryl methyl sites for hydroxylation is 1. The summed E-state index contributed by atoms with van der Waals surface area (Å²) in [5.74, 6) is -0.0709. The van der Waals surface area contributed by atoms with E-state index in [1.807, 2.05) is 6.92 Å². The molecule has 0 aliphatic rings. The average molecular weight is 373 g/mol. The van der Waals surface area contributed by atoms with Crippen molar-refractivity contribution in [3.8, 4) is 11.5 Å². The Morgan fingerprint density at radius 2 is 1.93 bits per heavy atom. The predicted molar refractivity (Wildman–Crippen MR) is 99.0 cm³/mol. The minimum Gasteiger partial charge on any atom is -0.490 e. The van der Waals surface area contributed by atoms with Crippen molar-refractivity contribution in [3.05, 3.63) is 46.3 Å². The van der Waals surface area contributed by atoms with Crippen LogP contribution in [0.25, 0.3) is 0 Å². The number of Topliss-reactive ketones (excluding diaryl/α,β-unsaturated/α-hetero) is 1. The first-order valence-corrected chi connectivity index (χ1v) is 8.54. The number of aromatic amines is 1. The van der Waals surface area contributed by atoms with Crippen molar-refractivity contribution >= 4 is 18.0 Å². The van der Waals surface area contributed by atoms with E-state index in [-0.39, 0.29) is 5.78 Å². The molecule has 7 nitrogen and oxygen atoms in total. The molecular formula is C20H23NO6. The maximum atomic E-state index is 12.8. The largest absolute Gasteiger partial charge is 0.490 e. The SMILES string of the molecule is CCOc1cc(C=O)ccc1O[C@@H](C)C(=O)c1[nH]c(C)c(C(=O)OC)c1C. The number of hydrogen-bond donors (Lipinski definition) is 1. The van der Waals surface area contributed by atoms with Gasteiger partial charge in [-0.1, -0.05) is 0 Å². The molecule has 0 radical (unpaired) electrons. The van der Waals surface area contributed by atoms with Crippen LogP contribution >= 0.6 is 0 Å². The van der Waals surface area contributed by atoms with Gasteiger partial charge < -0.3 is 19.2 Å². The van der Waals surface area contributed by atoms with E-state index in [4.69, 9.17) is 14.2 Å². The summed E-state index contributed by atoms with van der Waals surface area (Å²) < 4.78 is 16.0. The van der Waals surface area contributed by atoms with E-state index in [0.29, 0.717) is 52.5 Å². The fourth-order valence-corrected chi connectivity index (χ4v) is 2.82. The Kier molecular flexibility index (Phi) is 6.39. The van der Waals surface area contributed by atoms with Gasteiger partial charge in [-0.3, -0.25) is 9.59 Å². The first-order valence-electron chi connectivity index (χ1n) is 8.54. The molecule has 0 aliphatic heterocycles. The molecule has 1 heterocycles. The van der Waals surface area contributed by atoms with Crippen molar-refractivity contribution in [3.63, 3.8) is 0 Å². The molecule has 27 heavy (non-hydrogen) atoms. The zero-order valence-corrected chi connectivity index (χ0v) is 16.0. The molecule has 0 spiro atoms. The van der Waals surface area contributed by atoms with Crippen LogP contribution < -0.4 is 9.47 Å². The highest BCUT2D eigenvalue weighted by molar-refractivity contribution is 6.03. The van der Waals surface area contributed by atoms with E-state index in [0.717, 1.165) is 0 Å². The van der Waals surface area contributed by atoms with E-state index in [1.54, 1.807) is 39.0 Å². The summed E-state index contributed by atoms with van der Waals surface area (Å²) in [6.45, 7) is 7.19. The number of hydrogen-bond acceptors (Lipinski definition) is 6. The average Bonchev–Trinajstić information content (AvgIpc) is 2.96. The molecule has 0 bridgehead atoms. The quantitative estimate of drug-likeness (QED) is 0.433. The van der Waals surface area contributed by atoms with Gasteiger partial charge in [0.05, 0.1) is 25.0 Å². The Morgan fingerprint density at radius 3 is 2.52 bits per heavy atom. The van der Waals surface area contributed by atoms with E-state index in [1.165, 1.54) is 7.11 Å². The van der Waals surface area contributed by atoms with Crippen molar-refractivity contribution < 1.29 is 28.6 Å². The minimum atomic E-state index is -0.839. The van der Waals surface area contributed by atoms with Crippen LogP contribution in [0.4, 0.5) is 0 Å². The number of aromatic nitrogens is 1. The lowest BCUT2D eigenvalue weighted by Crippen LogP contribution is -2.25. The highest BCUT2D eigenvalue weighted by Gasteiger charge is 2.27. The van der Waals surface area contributed by atoms with Gasteiger partial charge in [-0.25, -0.2) is 4.79 Å². The molecule has 1 atom stereocenters. The molecule has 0 unspecified atom stereocenters. The first kappa shape index (κ1) is 20.2. The summed E-state index contributed by atoms with van der Waals surface area (Å²) in [5.41, 5.74) is 2.16. The third-order valence-corrected chi connectivity index (χ3v) is 4.15. The van der Waals surface area contributed by atoms with Gasteiger partial charge in [-0.2, -0.15) is 0 Å². The van der Waals surface area contributed by atoms with Gasteiger partial charge in [0, 0.05) is 11.3 Å². The Balaban J connectivity index is 2.29. The second-order valence-electron chi connectivity index (χ2n) is 6.00. The normalized spacial score (nSPS) is 11.6. The number of aldehydes is 1. The third-order valence-electron chi connectivity index (χ3n) is 4.15. The van der Waals surface area contributed by atoms with Crippen molar-refractivity contribution in [2.24, 2.45) is 0 Å². The lowest BCUT2D eigenvalue weighted by atomic mass is 10.1. The molecule has 0 saturated carbocycles. The number of ether oxygens (including phenoxy) is 3. The van der Waals surface area contributed by atoms with Crippen LogP contribution in [0.15, 0.2) is 18.2 Å². The Morgan fingerprint density at radius 1 is 1.22 bits per heavy atom. The van der Waals surface area contributed by atoms with Gasteiger partial charge in [0.2, 0.25) is 5.78 Å².